The largest absolute Gasteiger partial charge is 0.497 e. The van der Waals surface area contributed by atoms with Crippen LogP contribution in [0.15, 0.2) is 48.5 Å². The lowest BCUT2D eigenvalue weighted by Crippen LogP contribution is -2.52. The summed E-state index contributed by atoms with van der Waals surface area (Å²) in [5, 5.41) is 0. The Hall–Kier alpha value is -3.61. The van der Waals surface area contributed by atoms with E-state index in [4.69, 9.17) is 9.47 Å². The fourth-order valence-electron chi connectivity index (χ4n) is 4.14. The third-order valence-electron chi connectivity index (χ3n) is 6.03. The molecule has 7 heteroatoms. The first-order chi connectivity index (χ1) is 15.4. The average Bonchev–Trinajstić information content (AvgIpc) is 2.82. The molecule has 0 saturated carbocycles. The molecule has 32 heavy (non-hydrogen) atoms. The highest BCUT2D eigenvalue weighted by Gasteiger charge is 2.43. The van der Waals surface area contributed by atoms with Crippen molar-refractivity contribution in [3.8, 4) is 11.5 Å². The zero-order chi connectivity index (χ0) is 22.7. The number of benzene rings is 2. The number of carbonyl (C=O) groups is 3. The van der Waals surface area contributed by atoms with Gasteiger partial charge in [-0.3, -0.25) is 9.59 Å². The number of fused-ring (bicyclic) bond motifs is 1. The molecule has 1 saturated heterocycles. The molecule has 0 atom stereocenters. The highest BCUT2D eigenvalue weighted by Crippen LogP contribution is 2.40. The van der Waals surface area contributed by atoms with E-state index in [1.54, 1.807) is 60.6 Å². The van der Waals surface area contributed by atoms with E-state index in [0.717, 1.165) is 5.56 Å². The van der Waals surface area contributed by atoms with Gasteiger partial charge in [0.25, 0.3) is 0 Å². The van der Waals surface area contributed by atoms with Crippen molar-refractivity contribution >= 4 is 23.7 Å². The number of piperidine rings is 1. The quantitative estimate of drug-likeness (QED) is 0.540. The van der Waals surface area contributed by atoms with Gasteiger partial charge in [0.15, 0.2) is 5.78 Å². The smallest absolute Gasteiger partial charge is 0.337 e. The molecule has 1 fully saturated rings. The zero-order valence-corrected chi connectivity index (χ0v) is 18.1. The van der Waals surface area contributed by atoms with Gasteiger partial charge in [-0.05, 0) is 35.9 Å². The van der Waals surface area contributed by atoms with Crippen LogP contribution < -0.4 is 9.47 Å². The Morgan fingerprint density at radius 3 is 2.44 bits per heavy atom. The van der Waals surface area contributed by atoms with Crippen molar-refractivity contribution < 1.29 is 28.6 Å². The third-order valence-corrected chi connectivity index (χ3v) is 6.03. The van der Waals surface area contributed by atoms with Gasteiger partial charge in [0, 0.05) is 38.1 Å². The molecular formula is C25H25NO6. The maximum atomic E-state index is 12.7. The molecule has 0 unspecified atom stereocenters. The van der Waals surface area contributed by atoms with Gasteiger partial charge in [-0.25, -0.2) is 4.79 Å². The number of esters is 1. The predicted octanol–water partition coefficient (Wildman–Crippen LogP) is 3.52. The first kappa shape index (κ1) is 21.6. The molecule has 0 aliphatic carbocycles. The zero-order valence-electron chi connectivity index (χ0n) is 18.1. The van der Waals surface area contributed by atoms with Gasteiger partial charge >= 0.3 is 5.97 Å². The maximum Gasteiger partial charge on any atom is 0.337 e. The number of Topliss-reactive ketones (excluding diaryl/α,β-unsaturated/α-hetero) is 1. The number of likely N-dealkylation sites (tertiary alicyclic amines) is 1. The SMILES string of the molecule is COC(=O)c1ccc(/C=C/C(=O)N2CCC3(CC2)CC(=O)c2ccc(OC)cc2O3)cc1. The second-order valence-electron chi connectivity index (χ2n) is 8.02. The Morgan fingerprint density at radius 2 is 1.78 bits per heavy atom. The minimum atomic E-state index is -0.583. The normalized spacial score (nSPS) is 17.1. The van der Waals surface area contributed by atoms with Crippen molar-refractivity contribution in [2.75, 3.05) is 27.3 Å². The summed E-state index contributed by atoms with van der Waals surface area (Å²) in [6.07, 6.45) is 4.73. The van der Waals surface area contributed by atoms with E-state index < -0.39 is 11.6 Å². The van der Waals surface area contributed by atoms with Gasteiger partial charge in [-0.2, -0.15) is 0 Å². The Morgan fingerprint density at radius 1 is 1.06 bits per heavy atom. The molecule has 7 nitrogen and oxygen atoms in total. The fraction of sp³-hybridized carbons (Fsp3) is 0.320. The van der Waals surface area contributed by atoms with E-state index in [2.05, 4.69) is 4.74 Å². The summed E-state index contributed by atoms with van der Waals surface area (Å²) in [7, 11) is 2.91. The average molecular weight is 435 g/mol. The molecule has 1 spiro atoms. The lowest BCUT2D eigenvalue weighted by atomic mass is 9.82. The lowest BCUT2D eigenvalue weighted by Gasteiger charge is -2.43. The standard InChI is InChI=1S/C25H25NO6/c1-30-19-8-9-20-21(27)16-25(32-22(20)15-19)11-13-26(14-12-25)23(28)10-5-17-3-6-18(7-4-17)24(29)31-2/h3-10,15H,11-14,16H2,1-2H3/b10-5+. The Bertz CT molecular complexity index is 1060. The number of hydrogen-bond donors (Lipinski definition) is 0. The Kier molecular flexibility index (Phi) is 5.99. The van der Waals surface area contributed by atoms with Crippen LogP contribution in [0, 0.1) is 0 Å². The van der Waals surface area contributed by atoms with Crippen LogP contribution in [0.5, 0.6) is 11.5 Å². The van der Waals surface area contributed by atoms with E-state index >= 15 is 0 Å². The van der Waals surface area contributed by atoms with E-state index in [-0.39, 0.29) is 11.7 Å². The summed E-state index contributed by atoms with van der Waals surface area (Å²) >= 11 is 0. The molecule has 0 N–H and O–H groups in total. The third kappa shape index (κ3) is 4.37. The van der Waals surface area contributed by atoms with Gasteiger partial charge in [-0.15, -0.1) is 0 Å². The van der Waals surface area contributed by atoms with Gasteiger partial charge in [0.1, 0.15) is 17.1 Å². The van der Waals surface area contributed by atoms with Crippen LogP contribution in [0.1, 0.15) is 45.5 Å². The number of methoxy groups -OCH3 is 2. The maximum absolute atomic E-state index is 12.7. The summed E-state index contributed by atoms with van der Waals surface area (Å²) < 4.78 is 16.2. The van der Waals surface area contributed by atoms with Crippen LogP contribution in [0.4, 0.5) is 0 Å². The second kappa shape index (κ2) is 8.86. The van der Waals surface area contributed by atoms with Crippen molar-refractivity contribution in [3.05, 3.63) is 65.2 Å². The summed E-state index contributed by atoms with van der Waals surface area (Å²) in [5.74, 6) is 0.759. The van der Waals surface area contributed by atoms with Crippen LogP contribution in [0.25, 0.3) is 6.08 Å². The number of hydrogen-bond acceptors (Lipinski definition) is 6. The van der Waals surface area contributed by atoms with Crippen molar-refractivity contribution in [2.24, 2.45) is 0 Å². The minimum absolute atomic E-state index is 0.0592. The first-order valence-corrected chi connectivity index (χ1v) is 10.5. The molecule has 2 aromatic carbocycles. The predicted molar refractivity (Wildman–Crippen MR) is 118 cm³/mol. The topological polar surface area (TPSA) is 82.1 Å². The number of rotatable bonds is 4. The number of carbonyl (C=O) groups excluding carboxylic acids is 3. The Balaban J connectivity index is 1.38. The molecule has 0 radical (unpaired) electrons. The van der Waals surface area contributed by atoms with Crippen LogP contribution in [0.2, 0.25) is 0 Å². The monoisotopic (exact) mass is 435 g/mol. The molecule has 0 aromatic heterocycles. The van der Waals surface area contributed by atoms with Crippen molar-refractivity contribution in [3.63, 3.8) is 0 Å². The van der Waals surface area contributed by atoms with E-state index in [1.807, 2.05) is 0 Å². The number of amides is 1. The summed E-state index contributed by atoms with van der Waals surface area (Å²) in [5.41, 5.74) is 1.27. The van der Waals surface area contributed by atoms with Crippen LogP contribution >= 0.6 is 0 Å². The summed E-state index contributed by atoms with van der Waals surface area (Å²) in [6, 6.07) is 12.1. The van der Waals surface area contributed by atoms with Crippen LogP contribution in [0.3, 0.4) is 0 Å². The molecule has 166 valence electrons. The molecule has 2 aromatic rings. The van der Waals surface area contributed by atoms with E-state index in [0.29, 0.717) is 55.0 Å². The Labute approximate surface area is 186 Å². The van der Waals surface area contributed by atoms with Gasteiger partial charge in [0.05, 0.1) is 31.8 Å². The summed E-state index contributed by atoms with van der Waals surface area (Å²) in [6.45, 7) is 1.02. The minimum Gasteiger partial charge on any atom is -0.497 e. The molecule has 2 aliphatic rings. The molecular weight excluding hydrogens is 410 g/mol. The lowest BCUT2D eigenvalue weighted by molar-refractivity contribution is -0.129. The molecule has 2 aliphatic heterocycles. The molecule has 0 bridgehead atoms. The number of ketones is 1. The van der Waals surface area contributed by atoms with Gasteiger partial charge in [-0.1, -0.05) is 12.1 Å². The molecule has 4 rings (SSSR count). The van der Waals surface area contributed by atoms with Crippen molar-refractivity contribution in [2.45, 2.75) is 24.9 Å². The van der Waals surface area contributed by atoms with Gasteiger partial charge < -0.3 is 19.1 Å². The number of ether oxygens (including phenoxy) is 3. The van der Waals surface area contributed by atoms with Crippen LogP contribution in [-0.2, 0) is 9.53 Å². The van der Waals surface area contributed by atoms with E-state index in [1.165, 1.54) is 13.2 Å². The van der Waals surface area contributed by atoms with Crippen molar-refractivity contribution in [1.29, 1.82) is 0 Å². The number of nitrogens with zero attached hydrogens (tertiary/aromatic N) is 1. The highest BCUT2D eigenvalue weighted by atomic mass is 16.5. The summed E-state index contributed by atoms with van der Waals surface area (Å²) in [4.78, 5) is 38.6. The van der Waals surface area contributed by atoms with E-state index in [9.17, 15) is 14.4 Å². The molecule has 1 amide bonds. The van der Waals surface area contributed by atoms with Gasteiger partial charge in [0.2, 0.25) is 5.91 Å². The fourth-order valence-corrected chi connectivity index (χ4v) is 4.14. The second-order valence-corrected chi connectivity index (χ2v) is 8.02. The highest BCUT2D eigenvalue weighted by molar-refractivity contribution is 6.00. The van der Waals surface area contributed by atoms with Crippen molar-refractivity contribution in [1.82, 2.24) is 4.90 Å². The van der Waals surface area contributed by atoms with Crippen LogP contribution in [-0.4, -0.2) is 55.5 Å². The first-order valence-electron chi connectivity index (χ1n) is 10.5. The molecule has 2 heterocycles.